The Hall–Kier alpha value is -2.99. The van der Waals surface area contributed by atoms with Gasteiger partial charge in [-0.1, -0.05) is 5.92 Å². The molecule has 118 valence electrons. The van der Waals surface area contributed by atoms with Crippen LogP contribution in [0.4, 0.5) is 10.5 Å². The lowest BCUT2D eigenvalue weighted by Crippen LogP contribution is -2.28. The molecule has 1 aliphatic rings. The Morgan fingerprint density at radius 3 is 2.78 bits per heavy atom. The summed E-state index contributed by atoms with van der Waals surface area (Å²) in [5.41, 5.74) is -0.337. The number of thioether (sulfide) groups is 1. The highest BCUT2D eigenvalue weighted by molar-refractivity contribution is 8.18. The maximum Gasteiger partial charge on any atom is 0.294 e. The van der Waals surface area contributed by atoms with Crippen LogP contribution in [-0.4, -0.2) is 39.7 Å². The van der Waals surface area contributed by atoms with E-state index in [1.165, 1.54) is 13.2 Å². The van der Waals surface area contributed by atoms with Crippen molar-refractivity contribution < 1.29 is 24.4 Å². The SMILES string of the molecule is C#CCN1C(=O)S/C(=C\c2cc([N+](=O)[O-])cc(OC)c2O)C1=O. The Kier molecular flexibility index (Phi) is 4.57. The largest absolute Gasteiger partial charge is 0.504 e. The van der Waals surface area contributed by atoms with Gasteiger partial charge in [-0.25, -0.2) is 0 Å². The molecule has 1 aromatic carbocycles. The van der Waals surface area contributed by atoms with Crippen molar-refractivity contribution in [1.82, 2.24) is 4.90 Å². The number of phenols is 1. The second-order valence-corrected chi connectivity index (χ2v) is 5.31. The molecule has 0 atom stereocenters. The molecule has 0 spiro atoms. The fraction of sp³-hybridized carbons (Fsp3) is 0.143. The third-order valence-electron chi connectivity index (χ3n) is 2.93. The van der Waals surface area contributed by atoms with Crippen LogP contribution in [0, 0.1) is 22.5 Å². The van der Waals surface area contributed by atoms with Crippen LogP contribution in [0.2, 0.25) is 0 Å². The first-order valence-electron chi connectivity index (χ1n) is 6.13. The number of benzene rings is 1. The van der Waals surface area contributed by atoms with Crippen molar-refractivity contribution in [3.63, 3.8) is 0 Å². The Labute approximate surface area is 134 Å². The maximum atomic E-state index is 12.1. The molecule has 0 saturated carbocycles. The first-order chi connectivity index (χ1) is 10.9. The van der Waals surface area contributed by atoms with Crippen LogP contribution in [0.25, 0.3) is 6.08 Å². The molecule has 8 nitrogen and oxygen atoms in total. The molecule has 2 rings (SSSR count). The van der Waals surface area contributed by atoms with Gasteiger partial charge in [-0.3, -0.25) is 24.6 Å². The number of nitrogens with zero attached hydrogens (tertiary/aromatic N) is 2. The van der Waals surface area contributed by atoms with E-state index < -0.39 is 16.1 Å². The van der Waals surface area contributed by atoms with E-state index in [1.54, 1.807) is 0 Å². The smallest absolute Gasteiger partial charge is 0.294 e. The molecular formula is C14H10N2O6S. The highest BCUT2D eigenvalue weighted by Crippen LogP contribution is 2.38. The second kappa shape index (κ2) is 6.41. The molecule has 1 N–H and O–H groups in total. The lowest BCUT2D eigenvalue weighted by atomic mass is 10.1. The summed E-state index contributed by atoms with van der Waals surface area (Å²) in [5, 5.41) is 20.4. The van der Waals surface area contributed by atoms with E-state index in [9.17, 15) is 24.8 Å². The number of hydrogen-bond acceptors (Lipinski definition) is 7. The summed E-state index contributed by atoms with van der Waals surface area (Å²) in [6.07, 6.45) is 6.28. The molecule has 1 fully saturated rings. The van der Waals surface area contributed by atoms with Crippen LogP contribution < -0.4 is 4.74 Å². The number of aromatic hydroxyl groups is 1. The number of ether oxygens (including phenoxy) is 1. The zero-order chi connectivity index (χ0) is 17.1. The Balaban J connectivity index is 2.49. The van der Waals surface area contributed by atoms with E-state index >= 15 is 0 Å². The van der Waals surface area contributed by atoms with E-state index in [-0.39, 0.29) is 34.2 Å². The number of carbonyl (C=O) groups is 2. The Morgan fingerprint density at radius 1 is 1.52 bits per heavy atom. The standard InChI is InChI=1S/C14H10N2O6S/c1-3-4-15-13(18)11(23-14(15)19)6-8-5-9(16(20)21)7-10(22-2)12(8)17/h1,5-7,17H,4H2,2H3/b11-6-. The summed E-state index contributed by atoms with van der Waals surface area (Å²) in [5.74, 6) is 1.08. The first-order valence-corrected chi connectivity index (χ1v) is 6.95. The van der Waals surface area contributed by atoms with Gasteiger partial charge in [0.15, 0.2) is 11.5 Å². The molecule has 9 heteroatoms. The third-order valence-corrected chi connectivity index (χ3v) is 3.84. The van der Waals surface area contributed by atoms with E-state index in [1.807, 2.05) is 0 Å². The molecule has 1 heterocycles. The summed E-state index contributed by atoms with van der Waals surface area (Å²) >= 11 is 0.634. The van der Waals surface area contributed by atoms with Crippen LogP contribution >= 0.6 is 11.8 Å². The van der Waals surface area contributed by atoms with Crippen LogP contribution in [0.5, 0.6) is 11.5 Å². The summed E-state index contributed by atoms with van der Waals surface area (Å²) in [6, 6.07) is 2.13. The van der Waals surface area contributed by atoms with Crippen molar-refractivity contribution in [2.24, 2.45) is 0 Å². The van der Waals surface area contributed by atoms with Crippen molar-refractivity contribution in [2.45, 2.75) is 0 Å². The monoisotopic (exact) mass is 334 g/mol. The van der Waals surface area contributed by atoms with Gasteiger partial charge in [0.1, 0.15) is 0 Å². The Bertz CT molecular complexity index is 780. The number of hydrogen-bond donors (Lipinski definition) is 1. The number of rotatable bonds is 4. The molecule has 1 saturated heterocycles. The second-order valence-electron chi connectivity index (χ2n) is 4.31. The van der Waals surface area contributed by atoms with Crippen LogP contribution in [0.15, 0.2) is 17.0 Å². The highest BCUT2D eigenvalue weighted by Gasteiger charge is 2.34. The number of amides is 2. The van der Waals surface area contributed by atoms with E-state index in [4.69, 9.17) is 11.2 Å². The number of nitro groups is 1. The zero-order valence-corrected chi connectivity index (χ0v) is 12.6. The van der Waals surface area contributed by atoms with Crippen LogP contribution in [0.1, 0.15) is 5.56 Å². The molecule has 1 aliphatic heterocycles. The van der Waals surface area contributed by atoms with Gasteiger partial charge in [-0.05, 0) is 17.8 Å². The minimum absolute atomic E-state index is 0.00287. The summed E-state index contributed by atoms with van der Waals surface area (Å²) < 4.78 is 4.87. The number of carbonyl (C=O) groups excluding carboxylic acids is 2. The highest BCUT2D eigenvalue weighted by atomic mass is 32.2. The average molecular weight is 334 g/mol. The molecule has 0 unspecified atom stereocenters. The predicted molar refractivity (Wildman–Crippen MR) is 82.8 cm³/mol. The summed E-state index contributed by atoms with van der Waals surface area (Å²) in [7, 11) is 1.24. The number of methoxy groups -OCH3 is 1. The van der Waals surface area contributed by atoms with Gasteiger partial charge in [-0.15, -0.1) is 6.42 Å². The zero-order valence-electron chi connectivity index (χ0n) is 11.8. The van der Waals surface area contributed by atoms with Gasteiger partial charge < -0.3 is 9.84 Å². The van der Waals surface area contributed by atoms with Gasteiger partial charge in [0.25, 0.3) is 16.8 Å². The lowest BCUT2D eigenvalue weighted by Gasteiger charge is -2.07. The minimum atomic E-state index is -0.663. The average Bonchev–Trinajstić information content (AvgIpc) is 2.77. The van der Waals surface area contributed by atoms with Crippen molar-refractivity contribution in [1.29, 1.82) is 0 Å². The molecule has 1 aromatic rings. The number of non-ortho nitro benzene ring substituents is 1. The molecule has 2 amide bonds. The maximum absolute atomic E-state index is 12.1. The Morgan fingerprint density at radius 2 is 2.22 bits per heavy atom. The quantitative estimate of drug-likeness (QED) is 0.388. The molecular weight excluding hydrogens is 324 g/mol. The number of phenolic OH excluding ortho intramolecular Hbond substituents is 1. The molecule has 0 radical (unpaired) electrons. The van der Waals surface area contributed by atoms with Gasteiger partial charge >= 0.3 is 0 Å². The normalized spacial score (nSPS) is 15.8. The van der Waals surface area contributed by atoms with Gasteiger partial charge in [0.05, 0.1) is 29.5 Å². The van der Waals surface area contributed by atoms with Crippen LogP contribution in [-0.2, 0) is 4.79 Å². The fourth-order valence-electron chi connectivity index (χ4n) is 1.85. The van der Waals surface area contributed by atoms with Gasteiger partial charge in [0, 0.05) is 11.6 Å². The lowest BCUT2D eigenvalue weighted by molar-refractivity contribution is -0.385. The van der Waals surface area contributed by atoms with Crippen molar-refractivity contribution >= 4 is 34.7 Å². The first kappa shape index (κ1) is 16.4. The van der Waals surface area contributed by atoms with E-state index in [0.717, 1.165) is 17.0 Å². The van der Waals surface area contributed by atoms with Crippen molar-refractivity contribution in [3.8, 4) is 23.8 Å². The number of terminal acetylenes is 1. The van der Waals surface area contributed by atoms with Gasteiger partial charge in [-0.2, -0.15) is 0 Å². The predicted octanol–water partition coefficient (Wildman–Crippen LogP) is 1.98. The molecule has 23 heavy (non-hydrogen) atoms. The molecule has 0 aliphatic carbocycles. The minimum Gasteiger partial charge on any atom is -0.504 e. The molecule has 0 aromatic heterocycles. The van der Waals surface area contributed by atoms with Crippen molar-refractivity contribution in [2.75, 3.05) is 13.7 Å². The van der Waals surface area contributed by atoms with Crippen LogP contribution in [0.3, 0.4) is 0 Å². The topological polar surface area (TPSA) is 110 Å². The fourth-order valence-corrected chi connectivity index (χ4v) is 2.68. The summed E-state index contributed by atoms with van der Waals surface area (Å²) in [4.78, 5) is 34.9. The number of imide groups is 1. The van der Waals surface area contributed by atoms with Crippen molar-refractivity contribution in [3.05, 3.63) is 32.7 Å². The third kappa shape index (κ3) is 3.12. The summed E-state index contributed by atoms with van der Waals surface area (Å²) in [6.45, 7) is -0.174. The number of nitro benzene ring substituents is 1. The molecule has 0 bridgehead atoms. The van der Waals surface area contributed by atoms with E-state index in [0.29, 0.717) is 11.8 Å². The van der Waals surface area contributed by atoms with E-state index in [2.05, 4.69) is 5.92 Å². The van der Waals surface area contributed by atoms with Gasteiger partial charge in [0.2, 0.25) is 0 Å².